The maximum absolute atomic E-state index is 12.8. The number of hydrogen-bond acceptors (Lipinski definition) is 5. The first-order valence-electron chi connectivity index (χ1n) is 8.44. The summed E-state index contributed by atoms with van der Waals surface area (Å²) in [6.45, 7) is 0.341. The number of nitrogens with zero attached hydrogens (tertiary/aromatic N) is 4. The molecule has 1 saturated carbocycles. The largest absolute Gasteiger partial charge is 0.465 e. The summed E-state index contributed by atoms with van der Waals surface area (Å²) in [6.07, 6.45) is 5.40. The Morgan fingerprint density at radius 3 is 2.62 bits per heavy atom. The molecule has 132 valence electrons. The molecular formula is C19H18N4O3. The van der Waals surface area contributed by atoms with Crippen molar-refractivity contribution in [3.63, 3.8) is 0 Å². The Hall–Kier alpha value is -3.22. The monoisotopic (exact) mass is 350 g/mol. The number of rotatable bonds is 5. The average Bonchev–Trinajstić information content (AvgIpc) is 3.47. The number of benzene rings is 1. The summed E-state index contributed by atoms with van der Waals surface area (Å²) in [5, 5.41) is 4.55. The van der Waals surface area contributed by atoms with Crippen LogP contribution in [0, 0.1) is 0 Å². The second kappa shape index (κ2) is 6.59. The van der Waals surface area contributed by atoms with E-state index in [2.05, 4.69) is 10.1 Å². The van der Waals surface area contributed by atoms with Gasteiger partial charge in [0, 0.05) is 24.0 Å². The Labute approximate surface area is 149 Å². The maximum atomic E-state index is 12.8. The number of methoxy groups -OCH3 is 1. The molecule has 0 spiro atoms. The SMILES string of the molecule is COC(=O)c1ccc(Cn2nc(-c3cccnc3)n(C3CC3)c2=O)cc1. The number of pyridine rings is 1. The highest BCUT2D eigenvalue weighted by Crippen LogP contribution is 2.36. The predicted molar refractivity (Wildman–Crippen MR) is 94.9 cm³/mol. The van der Waals surface area contributed by atoms with Crippen LogP contribution in [0.25, 0.3) is 11.4 Å². The second-order valence-corrected chi connectivity index (χ2v) is 6.30. The maximum Gasteiger partial charge on any atom is 0.346 e. The van der Waals surface area contributed by atoms with E-state index in [0.29, 0.717) is 17.9 Å². The van der Waals surface area contributed by atoms with Crippen LogP contribution >= 0.6 is 0 Å². The minimum Gasteiger partial charge on any atom is -0.465 e. The molecule has 0 unspecified atom stereocenters. The third kappa shape index (κ3) is 3.03. The lowest BCUT2D eigenvalue weighted by Gasteiger charge is -2.03. The molecule has 7 nitrogen and oxygen atoms in total. The molecular weight excluding hydrogens is 332 g/mol. The Morgan fingerprint density at radius 2 is 2.00 bits per heavy atom. The lowest BCUT2D eigenvalue weighted by Crippen LogP contribution is -2.25. The summed E-state index contributed by atoms with van der Waals surface area (Å²) in [5.41, 5.74) is 2.07. The molecule has 0 bridgehead atoms. The van der Waals surface area contributed by atoms with E-state index in [-0.39, 0.29) is 17.7 Å². The predicted octanol–water partition coefficient (Wildman–Crippen LogP) is 2.28. The van der Waals surface area contributed by atoms with E-state index in [9.17, 15) is 9.59 Å². The van der Waals surface area contributed by atoms with Gasteiger partial charge in [-0.1, -0.05) is 12.1 Å². The van der Waals surface area contributed by atoms with Crippen LogP contribution in [0.2, 0.25) is 0 Å². The fourth-order valence-corrected chi connectivity index (χ4v) is 2.91. The number of aromatic nitrogens is 4. The van der Waals surface area contributed by atoms with Gasteiger partial charge in [0.15, 0.2) is 5.82 Å². The highest BCUT2D eigenvalue weighted by atomic mass is 16.5. The second-order valence-electron chi connectivity index (χ2n) is 6.30. The van der Waals surface area contributed by atoms with Gasteiger partial charge in [0.25, 0.3) is 0 Å². The summed E-state index contributed by atoms with van der Waals surface area (Å²) in [5.74, 6) is 0.266. The van der Waals surface area contributed by atoms with Gasteiger partial charge in [0.1, 0.15) is 0 Å². The number of hydrogen-bond donors (Lipinski definition) is 0. The van der Waals surface area contributed by atoms with E-state index >= 15 is 0 Å². The van der Waals surface area contributed by atoms with Crippen LogP contribution in [-0.4, -0.2) is 32.4 Å². The molecule has 4 rings (SSSR count). The average molecular weight is 350 g/mol. The fourth-order valence-electron chi connectivity index (χ4n) is 2.91. The van der Waals surface area contributed by atoms with Crippen molar-refractivity contribution < 1.29 is 9.53 Å². The minimum absolute atomic E-state index is 0.122. The summed E-state index contributed by atoms with van der Waals surface area (Å²) in [6, 6.07) is 10.9. The van der Waals surface area contributed by atoms with E-state index in [1.807, 2.05) is 12.1 Å². The summed E-state index contributed by atoms with van der Waals surface area (Å²) in [7, 11) is 1.35. The number of ether oxygens (including phenoxy) is 1. The molecule has 7 heteroatoms. The molecule has 0 aliphatic heterocycles. The van der Waals surface area contributed by atoms with Crippen molar-refractivity contribution in [2.75, 3.05) is 7.11 Å². The normalized spacial score (nSPS) is 13.6. The van der Waals surface area contributed by atoms with Crippen molar-refractivity contribution in [1.29, 1.82) is 0 Å². The van der Waals surface area contributed by atoms with Crippen LogP contribution in [0.4, 0.5) is 0 Å². The van der Waals surface area contributed by atoms with Crippen LogP contribution in [0.3, 0.4) is 0 Å². The van der Waals surface area contributed by atoms with Gasteiger partial charge in [-0.15, -0.1) is 5.10 Å². The zero-order valence-corrected chi connectivity index (χ0v) is 14.3. The summed E-state index contributed by atoms with van der Waals surface area (Å²) in [4.78, 5) is 28.5. The van der Waals surface area contributed by atoms with Crippen molar-refractivity contribution in [3.05, 3.63) is 70.4 Å². The Balaban J connectivity index is 1.67. The quantitative estimate of drug-likeness (QED) is 0.660. The van der Waals surface area contributed by atoms with Gasteiger partial charge in [0.05, 0.1) is 19.2 Å². The van der Waals surface area contributed by atoms with Crippen molar-refractivity contribution >= 4 is 5.97 Å². The van der Waals surface area contributed by atoms with Gasteiger partial charge >= 0.3 is 11.7 Å². The zero-order valence-electron chi connectivity index (χ0n) is 14.3. The van der Waals surface area contributed by atoms with Gasteiger partial charge in [0.2, 0.25) is 0 Å². The number of carbonyl (C=O) groups excluding carboxylic acids is 1. The van der Waals surface area contributed by atoms with Crippen molar-refractivity contribution in [2.24, 2.45) is 0 Å². The fraction of sp³-hybridized carbons (Fsp3) is 0.263. The van der Waals surface area contributed by atoms with Crippen LogP contribution in [0.1, 0.15) is 34.8 Å². The standard InChI is InChI=1S/C19H18N4O3/c1-26-18(24)14-6-4-13(5-7-14)12-22-19(25)23(16-8-9-16)17(21-22)15-3-2-10-20-11-15/h2-7,10-11,16H,8-9,12H2,1H3. The first-order chi connectivity index (χ1) is 12.7. The van der Waals surface area contributed by atoms with E-state index in [1.54, 1.807) is 41.2 Å². The third-order valence-corrected chi connectivity index (χ3v) is 4.41. The van der Waals surface area contributed by atoms with Gasteiger partial charge in [-0.3, -0.25) is 9.55 Å². The molecule has 1 aliphatic carbocycles. The van der Waals surface area contributed by atoms with Crippen molar-refractivity contribution in [1.82, 2.24) is 19.3 Å². The minimum atomic E-state index is -0.384. The lowest BCUT2D eigenvalue weighted by atomic mass is 10.1. The Bertz CT molecular complexity index is 986. The van der Waals surface area contributed by atoms with Crippen LogP contribution in [-0.2, 0) is 11.3 Å². The van der Waals surface area contributed by atoms with Crippen molar-refractivity contribution in [2.45, 2.75) is 25.4 Å². The molecule has 1 aliphatic rings. The molecule has 1 fully saturated rings. The van der Waals surface area contributed by atoms with Crippen molar-refractivity contribution in [3.8, 4) is 11.4 Å². The van der Waals surface area contributed by atoms with Gasteiger partial charge in [-0.25, -0.2) is 14.3 Å². The van der Waals surface area contributed by atoms with Crippen LogP contribution in [0.5, 0.6) is 0 Å². The molecule has 2 aromatic heterocycles. The van der Waals surface area contributed by atoms with E-state index in [4.69, 9.17) is 4.74 Å². The Kier molecular flexibility index (Phi) is 4.12. The van der Waals surface area contributed by atoms with Gasteiger partial charge < -0.3 is 4.74 Å². The van der Waals surface area contributed by atoms with Gasteiger partial charge in [-0.05, 0) is 42.7 Å². The van der Waals surface area contributed by atoms with E-state index in [1.165, 1.54) is 11.8 Å². The summed E-state index contributed by atoms with van der Waals surface area (Å²) < 4.78 is 7.93. The molecule has 0 saturated heterocycles. The third-order valence-electron chi connectivity index (χ3n) is 4.41. The number of carbonyl (C=O) groups is 1. The molecule has 0 N–H and O–H groups in total. The van der Waals surface area contributed by atoms with Crippen LogP contribution in [0.15, 0.2) is 53.6 Å². The smallest absolute Gasteiger partial charge is 0.346 e. The highest BCUT2D eigenvalue weighted by molar-refractivity contribution is 5.89. The summed E-state index contributed by atoms with van der Waals surface area (Å²) >= 11 is 0. The molecule has 0 radical (unpaired) electrons. The first kappa shape index (κ1) is 16.3. The van der Waals surface area contributed by atoms with Gasteiger partial charge in [-0.2, -0.15) is 0 Å². The van der Waals surface area contributed by atoms with E-state index in [0.717, 1.165) is 24.0 Å². The molecule has 3 aromatic rings. The topological polar surface area (TPSA) is 79.0 Å². The van der Waals surface area contributed by atoms with E-state index < -0.39 is 0 Å². The first-order valence-corrected chi connectivity index (χ1v) is 8.44. The molecule has 0 atom stereocenters. The highest BCUT2D eigenvalue weighted by Gasteiger charge is 2.30. The number of esters is 1. The zero-order chi connectivity index (χ0) is 18.1. The molecule has 0 amide bonds. The molecule has 26 heavy (non-hydrogen) atoms. The molecule has 1 aromatic carbocycles. The molecule has 2 heterocycles. The Morgan fingerprint density at radius 1 is 1.23 bits per heavy atom. The lowest BCUT2D eigenvalue weighted by molar-refractivity contribution is 0.0600. The van der Waals surface area contributed by atoms with Crippen LogP contribution < -0.4 is 5.69 Å².